The molecule has 2 rings (SSSR count). The lowest BCUT2D eigenvalue weighted by Crippen LogP contribution is -2.19. The number of aryl methyl sites for hydroxylation is 1. The van der Waals surface area contributed by atoms with Gasteiger partial charge in [0.15, 0.2) is 0 Å². The van der Waals surface area contributed by atoms with Crippen molar-refractivity contribution in [2.45, 2.75) is 26.3 Å². The number of nitrogens with zero attached hydrogens (tertiary/aromatic N) is 2. The van der Waals surface area contributed by atoms with Crippen molar-refractivity contribution >= 4 is 5.95 Å². The van der Waals surface area contributed by atoms with E-state index in [1.165, 1.54) is 12.1 Å². The van der Waals surface area contributed by atoms with Gasteiger partial charge in [-0.3, -0.25) is 0 Å². The predicted octanol–water partition coefficient (Wildman–Crippen LogP) is 0.508. The number of nitrogens with two attached hydrogens (primary N) is 1. The summed E-state index contributed by atoms with van der Waals surface area (Å²) >= 11 is 0. The molecule has 0 saturated heterocycles. The molecule has 0 unspecified atom stereocenters. The molecule has 2 heterocycles. The number of rotatable bonds is 2. The van der Waals surface area contributed by atoms with Gasteiger partial charge in [0, 0.05) is 25.2 Å². The normalized spacial score (nSPS) is 15.2. The molecule has 0 spiro atoms. The van der Waals surface area contributed by atoms with Crippen LogP contribution in [0.15, 0.2) is 0 Å². The summed E-state index contributed by atoms with van der Waals surface area (Å²) in [4.78, 5) is 4.47. The van der Waals surface area contributed by atoms with Crippen molar-refractivity contribution in [2.75, 3.05) is 18.4 Å². The van der Waals surface area contributed by atoms with Crippen LogP contribution in [0, 0.1) is 6.92 Å². The quantitative estimate of drug-likeness (QED) is 0.697. The molecule has 0 radical (unpaired) electrons. The number of anilines is 1. The van der Waals surface area contributed by atoms with Gasteiger partial charge in [0.1, 0.15) is 0 Å². The zero-order valence-electron chi connectivity index (χ0n) is 8.01. The minimum atomic E-state index is 0.700. The van der Waals surface area contributed by atoms with Crippen LogP contribution in [0.2, 0.25) is 0 Å². The van der Waals surface area contributed by atoms with Gasteiger partial charge >= 0.3 is 0 Å². The molecular weight excluding hydrogens is 164 g/mol. The molecule has 0 saturated carbocycles. The number of hydrogen-bond donors (Lipinski definition) is 2. The second-order valence-corrected chi connectivity index (χ2v) is 3.44. The molecule has 13 heavy (non-hydrogen) atoms. The minimum absolute atomic E-state index is 0.700. The Morgan fingerprint density at radius 3 is 3.23 bits per heavy atom. The van der Waals surface area contributed by atoms with Crippen LogP contribution in [0.5, 0.6) is 0 Å². The Hall–Kier alpha value is -1.03. The number of fused-ring (bicyclic) bond motifs is 1. The van der Waals surface area contributed by atoms with Crippen LogP contribution in [-0.2, 0) is 13.0 Å². The van der Waals surface area contributed by atoms with Crippen molar-refractivity contribution in [1.82, 2.24) is 9.55 Å². The largest absolute Gasteiger partial charge is 0.356 e. The highest BCUT2D eigenvalue weighted by atomic mass is 15.2. The summed E-state index contributed by atoms with van der Waals surface area (Å²) in [6.45, 7) is 4.88. The monoisotopic (exact) mass is 180 g/mol. The lowest BCUT2D eigenvalue weighted by molar-refractivity contribution is 0.602. The third-order valence-electron chi connectivity index (χ3n) is 2.50. The van der Waals surface area contributed by atoms with Crippen LogP contribution >= 0.6 is 0 Å². The first-order valence-corrected chi connectivity index (χ1v) is 4.83. The molecule has 0 aliphatic carbocycles. The van der Waals surface area contributed by atoms with E-state index in [-0.39, 0.29) is 0 Å². The molecule has 0 amide bonds. The summed E-state index contributed by atoms with van der Waals surface area (Å²) < 4.78 is 2.26. The van der Waals surface area contributed by atoms with Gasteiger partial charge in [-0.15, -0.1) is 0 Å². The van der Waals surface area contributed by atoms with Crippen molar-refractivity contribution in [3.8, 4) is 0 Å². The Morgan fingerprint density at radius 1 is 1.62 bits per heavy atom. The molecule has 72 valence electrons. The summed E-state index contributed by atoms with van der Waals surface area (Å²) in [5.41, 5.74) is 7.98. The fourth-order valence-electron chi connectivity index (χ4n) is 1.87. The van der Waals surface area contributed by atoms with Crippen LogP contribution in [-0.4, -0.2) is 22.6 Å². The molecule has 0 bridgehead atoms. The maximum absolute atomic E-state index is 5.56. The first kappa shape index (κ1) is 8.56. The van der Waals surface area contributed by atoms with E-state index in [9.17, 15) is 0 Å². The highest BCUT2D eigenvalue weighted by Gasteiger charge is 2.15. The lowest BCUT2D eigenvalue weighted by atomic mass is 10.2. The molecule has 1 aromatic rings. The third kappa shape index (κ3) is 1.42. The average molecular weight is 180 g/mol. The van der Waals surface area contributed by atoms with E-state index in [1.54, 1.807) is 0 Å². The lowest BCUT2D eigenvalue weighted by Gasteiger charge is -2.17. The van der Waals surface area contributed by atoms with Gasteiger partial charge in [-0.1, -0.05) is 0 Å². The van der Waals surface area contributed by atoms with Crippen LogP contribution in [0.1, 0.15) is 17.8 Å². The molecule has 1 aliphatic heterocycles. The van der Waals surface area contributed by atoms with Crippen LogP contribution in [0.4, 0.5) is 5.95 Å². The van der Waals surface area contributed by atoms with Gasteiger partial charge in [-0.2, -0.15) is 0 Å². The summed E-state index contributed by atoms with van der Waals surface area (Å²) in [6, 6.07) is 0. The summed E-state index contributed by atoms with van der Waals surface area (Å²) in [5.74, 6) is 1.02. The Morgan fingerprint density at radius 2 is 2.46 bits per heavy atom. The molecule has 0 atom stereocenters. The van der Waals surface area contributed by atoms with Gasteiger partial charge in [-0.05, 0) is 19.9 Å². The van der Waals surface area contributed by atoms with E-state index in [1.807, 2.05) is 0 Å². The van der Waals surface area contributed by atoms with Gasteiger partial charge in [0.2, 0.25) is 5.95 Å². The van der Waals surface area contributed by atoms with Gasteiger partial charge in [0.25, 0.3) is 0 Å². The standard InChI is InChI=1S/C9H16N4/c1-7-8(3-4-10)13-6-2-5-11-9(13)12-7/h2-6,10H2,1H3,(H,11,12). The molecule has 0 fully saturated rings. The van der Waals surface area contributed by atoms with Crippen LogP contribution in [0.25, 0.3) is 0 Å². The van der Waals surface area contributed by atoms with Gasteiger partial charge < -0.3 is 15.6 Å². The topological polar surface area (TPSA) is 55.9 Å². The van der Waals surface area contributed by atoms with Crippen molar-refractivity contribution in [3.63, 3.8) is 0 Å². The van der Waals surface area contributed by atoms with E-state index in [0.717, 1.165) is 31.2 Å². The fourth-order valence-corrected chi connectivity index (χ4v) is 1.87. The Bertz CT molecular complexity index is 303. The van der Waals surface area contributed by atoms with Gasteiger partial charge in [0.05, 0.1) is 5.69 Å². The van der Waals surface area contributed by atoms with E-state index in [4.69, 9.17) is 5.73 Å². The number of hydrogen-bond acceptors (Lipinski definition) is 3. The van der Waals surface area contributed by atoms with E-state index < -0.39 is 0 Å². The van der Waals surface area contributed by atoms with Crippen LogP contribution in [0.3, 0.4) is 0 Å². The smallest absolute Gasteiger partial charge is 0.203 e. The Kier molecular flexibility index (Phi) is 2.22. The molecule has 3 N–H and O–H groups in total. The number of nitrogens with one attached hydrogen (secondary N) is 1. The van der Waals surface area contributed by atoms with Crippen molar-refractivity contribution < 1.29 is 0 Å². The molecular formula is C9H16N4. The SMILES string of the molecule is Cc1nc2n(c1CCN)CCCN2. The number of imidazole rings is 1. The Labute approximate surface area is 78.1 Å². The van der Waals surface area contributed by atoms with E-state index >= 15 is 0 Å². The van der Waals surface area contributed by atoms with Crippen LogP contribution < -0.4 is 11.1 Å². The first-order valence-electron chi connectivity index (χ1n) is 4.83. The maximum atomic E-state index is 5.56. The van der Waals surface area contributed by atoms with Crippen molar-refractivity contribution in [1.29, 1.82) is 0 Å². The highest BCUT2D eigenvalue weighted by Crippen LogP contribution is 2.19. The van der Waals surface area contributed by atoms with Gasteiger partial charge in [-0.25, -0.2) is 4.98 Å². The zero-order chi connectivity index (χ0) is 9.26. The third-order valence-corrected chi connectivity index (χ3v) is 2.50. The number of aromatic nitrogens is 2. The van der Waals surface area contributed by atoms with E-state index in [0.29, 0.717) is 6.54 Å². The summed E-state index contributed by atoms with van der Waals surface area (Å²) in [5, 5.41) is 3.29. The predicted molar refractivity (Wildman–Crippen MR) is 52.8 cm³/mol. The molecule has 1 aliphatic rings. The average Bonchev–Trinajstić information content (AvgIpc) is 2.44. The second kappa shape index (κ2) is 3.38. The Balaban J connectivity index is 2.36. The minimum Gasteiger partial charge on any atom is -0.356 e. The molecule has 0 aromatic carbocycles. The summed E-state index contributed by atoms with van der Waals surface area (Å²) in [6.07, 6.45) is 2.11. The zero-order valence-corrected chi connectivity index (χ0v) is 8.01. The molecule has 1 aromatic heterocycles. The summed E-state index contributed by atoms with van der Waals surface area (Å²) in [7, 11) is 0. The first-order chi connectivity index (χ1) is 6.33. The highest BCUT2D eigenvalue weighted by molar-refractivity contribution is 5.35. The van der Waals surface area contributed by atoms with Crippen molar-refractivity contribution in [2.24, 2.45) is 5.73 Å². The van der Waals surface area contributed by atoms with E-state index in [2.05, 4.69) is 21.8 Å². The second-order valence-electron chi connectivity index (χ2n) is 3.44. The molecule has 4 heteroatoms. The van der Waals surface area contributed by atoms with Crippen molar-refractivity contribution in [3.05, 3.63) is 11.4 Å². The maximum Gasteiger partial charge on any atom is 0.203 e. The fraction of sp³-hybridized carbons (Fsp3) is 0.667. The molecule has 4 nitrogen and oxygen atoms in total.